The van der Waals surface area contributed by atoms with Gasteiger partial charge >= 0.3 is 6.03 Å². The van der Waals surface area contributed by atoms with Crippen LogP contribution in [0.4, 0.5) is 4.79 Å². The minimum Gasteiger partial charge on any atom is -0.347 e. The summed E-state index contributed by atoms with van der Waals surface area (Å²) in [4.78, 5) is 24.6. The lowest BCUT2D eigenvalue weighted by molar-refractivity contribution is -0.118. The first-order valence-electron chi connectivity index (χ1n) is 6.77. The first-order chi connectivity index (χ1) is 9.90. The maximum atomic E-state index is 12.3. The lowest BCUT2D eigenvalue weighted by Gasteiger charge is -2.25. The molecular weight excluding hydrogens is 290 g/mol. The van der Waals surface area contributed by atoms with Crippen LogP contribution in [0.5, 0.6) is 0 Å². The molecule has 1 aromatic heterocycles. The van der Waals surface area contributed by atoms with Gasteiger partial charge in [0.15, 0.2) is 0 Å². The molecule has 2 rings (SSSR count). The summed E-state index contributed by atoms with van der Waals surface area (Å²) in [5.74, 6) is 0.0711. The summed E-state index contributed by atoms with van der Waals surface area (Å²) in [6.45, 7) is 7.97. The second-order valence-corrected chi connectivity index (χ2v) is 6.12. The molecule has 8 heteroatoms. The summed E-state index contributed by atoms with van der Waals surface area (Å²) in [7, 11) is 0. The third-order valence-electron chi connectivity index (χ3n) is 3.27. The number of amides is 3. The predicted octanol–water partition coefficient (Wildman–Crippen LogP) is 1.25. The lowest BCUT2D eigenvalue weighted by Crippen LogP contribution is -2.50. The molecule has 0 fully saturated rings. The molecule has 0 radical (unpaired) electrons. The van der Waals surface area contributed by atoms with Gasteiger partial charge in [-0.05, 0) is 31.3 Å². The smallest absolute Gasteiger partial charge is 0.319 e. The van der Waals surface area contributed by atoms with Crippen LogP contribution in [-0.4, -0.2) is 27.6 Å². The quantitative estimate of drug-likeness (QED) is 0.780. The number of carbonyl (C=O) groups is 2. The Morgan fingerprint density at radius 1 is 1.48 bits per heavy atom. The molecule has 0 bridgehead atoms. The van der Waals surface area contributed by atoms with Crippen molar-refractivity contribution in [2.75, 3.05) is 0 Å². The molecule has 1 aromatic rings. The second kappa shape index (κ2) is 6.21. The average Bonchev–Trinajstić information content (AvgIpc) is 2.83. The standard InChI is InChI=1S/C13H19N5O2S/c1-6(2)11-9(21-18-17-11)5-14-12(19)10-7(3)15-13(20)16-8(10)4/h6-7H,5H2,1-4H3,(H,14,19)(H2,15,16,20)/t7-/m1/s1. The van der Waals surface area contributed by atoms with Crippen LogP contribution in [0.1, 0.15) is 44.2 Å². The summed E-state index contributed by atoms with van der Waals surface area (Å²) < 4.78 is 3.93. The number of nitrogens with zero attached hydrogens (tertiary/aromatic N) is 2. The average molecular weight is 309 g/mol. The van der Waals surface area contributed by atoms with Crippen molar-refractivity contribution in [1.29, 1.82) is 0 Å². The van der Waals surface area contributed by atoms with Crippen molar-refractivity contribution in [2.45, 2.75) is 46.2 Å². The molecule has 114 valence electrons. The highest BCUT2D eigenvalue weighted by atomic mass is 32.1. The number of nitrogens with one attached hydrogen (secondary N) is 3. The van der Waals surface area contributed by atoms with Gasteiger partial charge in [-0.2, -0.15) is 0 Å². The number of rotatable bonds is 4. The van der Waals surface area contributed by atoms with Crippen LogP contribution in [0.15, 0.2) is 11.3 Å². The molecule has 0 unspecified atom stereocenters. The van der Waals surface area contributed by atoms with E-state index in [2.05, 4.69) is 25.5 Å². The highest BCUT2D eigenvalue weighted by molar-refractivity contribution is 7.05. The van der Waals surface area contributed by atoms with Crippen LogP contribution in [0.3, 0.4) is 0 Å². The zero-order valence-corrected chi connectivity index (χ0v) is 13.3. The molecule has 1 atom stereocenters. The Kier molecular flexibility index (Phi) is 4.56. The van der Waals surface area contributed by atoms with Crippen LogP contribution in [0.25, 0.3) is 0 Å². The van der Waals surface area contributed by atoms with E-state index in [4.69, 9.17) is 0 Å². The van der Waals surface area contributed by atoms with Gasteiger partial charge in [-0.25, -0.2) is 4.79 Å². The van der Waals surface area contributed by atoms with Crippen LogP contribution >= 0.6 is 11.5 Å². The van der Waals surface area contributed by atoms with Crippen molar-refractivity contribution in [3.05, 3.63) is 21.8 Å². The molecule has 3 amide bonds. The first-order valence-corrected chi connectivity index (χ1v) is 7.55. The van der Waals surface area contributed by atoms with Gasteiger partial charge in [0.1, 0.15) is 0 Å². The fourth-order valence-corrected chi connectivity index (χ4v) is 3.00. The summed E-state index contributed by atoms with van der Waals surface area (Å²) in [5, 5.41) is 12.2. The Balaban J connectivity index is 2.06. The van der Waals surface area contributed by atoms with Gasteiger partial charge in [0.2, 0.25) is 0 Å². The Morgan fingerprint density at radius 3 is 2.81 bits per heavy atom. The maximum Gasteiger partial charge on any atom is 0.319 e. The number of allylic oxidation sites excluding steroid dienone is 1. The van der Waals surface area contributed by atoms with Crippen molar-refractivity contribution in [2.24, 2.45) is 0 Å². The van der Waals surface area contributed by atoms with Crippen LogP contribution < -0.4 is 16.0 Å². The fraction of sp³-hybridized carbons (Fsp3) is 0.538. The van der Waals surface area contributed by atoms with Gasteiger partial charge in [0.05, 0.1) is 28.7 Å². The largest absolute Gasteiger partial charge is 0.347 e. The van der Waals surface area contributed by atoms with Crippen molar-refractivity contribution >= 4 is 23.5 Å². The summed E-state index contributed by atoms with van der Waals surface area (Å²) in [5.41, 5.74) is 2.03. The van der Waals surface area contributed by atoms with Gasteiger partial charge in [0.25, 0.3) is 5.91 Å². The number of urea groups is 1. The summed E-state index contributed by atoms with van der Waals surface area (Å²) >= 11 is 1.29. The third kappa shape index (κ3) is 3.38. The fourth-order valence-electron chi connectivity index (χ4n) is 2.27. The Labute approximate surface area is 127 Å². The normalized spacial score (nSPS) is 18.5. The molecule has 0 aliphatic carbocycles. The zero-order valence-electron chi connectivity index (χ0n) is 12.5. The third-order valence-corrected chi connectivity index (χ3v) is 4.01. The number of carbonyl (C=O) groups excluding carboxylic acids is 2. The molecule has 21 heavy (non-hydrogen) atoms. The minimum atomic E-state index is -0.317. The van der Waals surface area contributed by atoms with Crippen molar-refractivity contribution in [3.8, 4) is 0 Å². The molecular formula is C13H19N5O2S. The molecule has 0 saturated heterocycles. The number of hydrogen-bond donors (Lipinski definition) is 3. The maximum absolute atomic E-state index is 12.3. The van der Waals surface area contributed by atoms with Gasteiger partial charge < -0.3 is 16.0 Å². The van der Waals surface area contributed by atoms with Gasteiger partial charge in [-0.15, -0.1) is 5.10 Å². The van der Waals surface area contributed by atoms with Gasteiger partial charge in [0, 0.05) is 5.70 Å². The molecule has 3 N–H and O–H groups in total. The van der Waals surface area contributed by atoms with E-state index in [1.54, 1.807) is 13.8 Å². The Hall–Kier alpha value is -1.96. The number of aromatic nitrogens is 2. The van der Waals surface area contributed by atoms with E-state index in [1.165, 1.54) is 11.5 Å². The van der Waals surface area contributed by atoms with E-state index < -0.39 is 0 Å². The van der Waals surface area contributed by atoms with Crippen molar-refractivity contribution in [3.63, 3.8) is 0 Å². The SMILES string of the molecule is CC1=C(C(=O)NCc2snnc2C(C)C)[C@@H](C)NC(=O)N1. The molecule has 0 aromatic carbocycles. The van der Waals surface area contributed by atoms with Gasteiger partial charge in [-0.1, -0.05) is 18.3 Å². The monoisotopic (exact) mass is 309 g/mol. The van der Waals surface area contributed by atoms with Crippen LogP contribution in [0.2, 0.25) is 0 Å². The van der Waals surface area contributed by atoms with Crippen LogP contribution in [0, 0.1) is 0 Å². The van der Waals surface area contributed by atoms with E-state index in [0.717, 1.165) is 10.6 Å². The van der Waals surface area contributed by atoms with Crippen molar-refractivity contribution < 1.29 is 9.59 Å². The summed E-state index contributed by atoms with van der Waals surface area (Å²) in [6.07, 6.45) is 0. The summed E-state index contributed by atoms with van der Waals surface area (Å²) in [6, 6.07) is -0.604. The van der Waals surface area contributed by atoms with E-state index in [-0.39, 0.29) is 23.9 Å². The van der Waals surface area contributed by atoms with E-state index in [1.807, 2.05) is 13.8 Å². The van der Waals surface area contributed by atoms with Gasteiger partial charge in [-0.3, -0.25) is 4.79 Å². The molecule has 7 nitrogen and oxygen atoms in total. The Bertz CT molecular complexity index is 593. The highest BCUT2D eigenvalue weighted by Gasteiger charge is 2.26. The van der Waals surface area contributed by atoms with E-state index in [0.29, 0.717) is 17.8 Å². The molecule has 1 aliphatic rings. The van der Waals surface area contributed by atoms with Crippen molar-refractivity contribution in [1.82, 2.24) is 25.5 Å². The molecule has 0 saturated carbocycles. The van der Waals surface area contributed by atoms with Crippen LogP contribution in [-0.2, 0) is 11.3 Å². The van der Waals surface area contributed by atoms with E-state index >= 15 is 0 Å². The minimum absolute atomic E-state index is 0.199. The molecule has 1 aliphatic heterocycles. The predicted molar refractivity (Wildman–Crippen MR) is 79.7 cm³/mol. The number of hydrogen-bond acceptors (Lipinski definition) is 5. The first kappa shape index (κ1) is 15.4. The Morgan fingerprint density at radius 2 is 2.19 bits per heavy atom. The topological polar surface area (TPSA) is 96.0 Å². The zero-order chi connectivity index (χ0) is 15.6. The molecule has 2 heterocycles. The lowest BCUT2D eigenvalue weighted by atomic mass is 10.0. The highest BCUT2D eigenvalue weighted by Crippen LogP contribution is 2.20. The second-order valence-electron chi connectivity index (χ2n) is 5.28. The molecule has 0 spiro atoms. The van der Waals surface area contributed by atoms with E-state index in [9.17, 15) is 9.59 Å².